The van der Waals surface area contributed by atoms with E-state index in [1.807, 2.05) is 0 Å². The number of halogens is 8. The molecule has 0 saturated carbocycles. The zero-order valence-electron chi connectivity index (χ0n) is 15.6. The summed E-state index contributed by atoms with van der Waals surface area (Å²) < 4.78 is 81.4. The van der Waals surface area contributed by atoms with E-state index in [0.29, 0.717) is 12.1 Å². The minimum atomic E-state index is -4.86. The van der Waals surface area contributed by atoms with Crippen LogP contribution >= 0.6 is 23.2 Å². The summed E-state index contributed by atoms with van der Waals surface area (Å²) in [5.41, 5.74) is -3.44. The fraction of sp³-hybridized carbons (Fsp3) is 0.222. The number of rotatable bonds is 4. The van der Waals surface area contributed by atoms with Crippen LogP contribution in [0.4, 0.5) is 26.3 Å². The van der Waals surface area contributed by atoms with Crippen LogP contribution in [0.3, 0.4) is 0 Å². The average Bonchev–Trinajstić information content (AvgIpc) is 3.33. The number of imidazole rings is 2. The summed E-state index contributed by atoms with van der Waals surface area (Å²) in [5, 5.41) is -0.878. The molecule has 0 amide bonds. The van der Waals surface area contributed by atoms with Crippen LogP contribution < -0.4 is 0 Å². The van der Waals surface area contributed by atoms with Crippen LogP contribution in [-0.2, 0) is 25.3 Å². The summed E-state index contributed by atoms with van der Waals surface area (Å²) in [6, 6.07) is 1.23. The van der Waals surface area contributed by atoms with Gasteiger partial charge in [-0.2, -0.15) is 26.3 Å². The Kier molecular flexibility index (Phi) is 5.53. The second-order valence-corrected chi connectivity index (χ2v) is 7.45. The Morgan fingerprint density at radius 2 is 1.62 bits per heavy atom. The summed E-state index contributed by atoms with van der Waals surface area (Å²) in [6.45, 7) is 0.278. The zero-order valence-corrected chi connectivity index (χ0v) is 17.1. The van der Waals surface area contributed by atoms with E-state index in [1.54, 1.807) is 10.8 Å². The Balaban J connectivity index is 1.81. The fourth-order valence-corrected chi connectivity index (χ4v) is 3.65. The first-order valence-corrected chi connectivity index (χ1v) is 9.55. The van der Waals surface area contributed by atoms with Crippen molar-refractivity contribution in [2.24, 2.45) is 0 Å². The molecule has 0 atom stereocenters. The Morgan fingerprint density at radius 3 is 2.19 bits per heavy atom. The third-order valence-electron chi connectivity index (χ3n) is 4.42. The van der Waals surface area contributed by atoms with Crippen LogP contribution in [-0.4, -0.2) is 29.5 Å². The molecule has 0 saturated heterocycles. The van der Waals surface area contributed by atoms with Gasteiger partial charge in [0, 0.05) is 25.4 Å². The van der Waals surface area contributed by atoms with Crippen LogP contribution in [0.15, 0.2) is 30.9 Å². The van der Waals surface area contributed by atoms with Gasteiger partial charge in [0.1, 0.15) is 17.2 Å². The van der Waals surface area contributed by atoms with Crippen molar-refractivity contribution in [1.82, 2.24) is 29.5 Å². The van der Waals surface area contributed by atoms with Gasteiger partial charge in [0.2, 0.25) is 0 Å². The second kappa shape index (κ2) is 7.93. The first-order chi connectivity index (χ1) is 14.9. The number of aryl methyl sites for hydroxylation is 2. The first-order valence-electron chi connectivity index (χ1n) is 8.79. The van der Waals surface area contributed by atoms with Crippen LogP contribution in [0, 0.1) is 0 Å². The molecule has 0 aliphatic rings. The maximum atomic E-state index is 13.6. The molecular formula is C18H10Cl2F6N6. The van der Waals surface area contributed by atoms with Gasteiger partial charge in [0.05, 0.1) is 27.5 Å². The summed E-state index contributed by atoms with van der Waals surface area (Å²) >= 11 is 11.9. The molecule has 0 fully saturated rings. The molecule has 3 heterocycles. The van der Waals surface area contributed by atoms with Crippen LogP contribution in [0.2, 0.25) is 10.0 Å². The van der Waals surface area contributed by atoms with Crippen molar-refractivity contribution >= 4 is 34.4 Å². The van der Waals surface area contributed by atoms with E-state index in [2.05, 4.69) is 24.9 Å². The van der Waals surface area contributed by atoms with Crippen molar-refractivity contribution in [2.75, 3.05) is 0 Å². The van der Waals surface area contributed by atoms with E-state index in [1.165, 1.54) is 12.5 Å². The predicted octanol–water partition coefficient (Wildman–Crippen LogP) is 5.80. The van der Waals surface area contributed by atoms with Gasteiger partial charge in [-0.15, -0.1) is 0 Å². The summed E-state index contributed by atoms with van der Waals surface area (Å²) in [5.74, 6) is -0.381. The molecule has 14 heteroatoms. The van der Waals surface area contributed by atoms with Gasteiger partial charge in [0.25, 0.3) is 0 Å². The topological polar surface area (TPSA) is 72.3 Å². The molecule has 1 N–H and O–H groups in total. The Bertz CT molecular complexity index is 1260. The highest BCUT2D eigenvalue weighted by Crippen LogP contribution is 2.41. The molecule has 4 aromatic rings. The monoisotopic (exact) mass is 494 g/mol. The molecule has 6 nitrogen and oxygen atoms in total. The van der Waals surface area contributed by atoms with Crippen LogP contribution in [0.25, 0.3) is 22.6 Å². The molecule has 0 aliphatic heterocycles. The van der Waals surface area contributed by atoms with Gasteiger partial charge >= 0.3 is 12.4 Å². The molecule has 4 rings (SSSR count). The van der Waals surface area contributed by atoms with Crippen molar-refractivity contribution < 1.29 is 26.3 Å². The average molecular weight is 495 g/mol. The summed E-state index contributed by atoms with van der Waals surface area (Å²) in [4.78, 5) is 17.9. The molecule has 0 radical (unpaired) electrons. The lowest BCUT2D eigenvalue weighted by molar-refractivity contribution is -0.140. The van der Waals surface area contributed by atoms with E-state index >= 15 is 0 Å². The zero-order chi connectivity index (χ0) is 23.3. The fourth-order valence-electron chi connectivity index (χ4n) is 2.99. The Morgan fingerprint density at radius 1 is 0.938 bits per heavy atom. The van der Waals surface area contributed by atoms with Crippen LogP contribution in [0.5, 0.6) is 0 Å². The van der Waals surface area contributed by atoms with Crippen molar-refractivity contribution in [1.29, 1.82) is 0 Å². The Labute approximate surface area is 185 Å². The summed E-state index contributed by atoms with van der Waals surface area (Å²) in [7, 11) is 0. The minimum Gasteiger partial charge on any atom is -0.337 e. The standard InChI is InChI=1S/C18H10Cl2F6N6/c19-9-5-8(17(21,22)23)6-10(20)12(9)15-30-13-14(18(24,25)26)28-11(29-16(13)31-15)1-3-32-4-2-27-7-32/h2,4-7H,1,3H2,(H,28,29,30,31). The largest absolute Gasteiger partial charge is 0.435 e. The quantitative estimate of drug-likeness (QED) is 0.363. The lowest BCUT2D eigenvalue weighted by Crippen LogP contribution is -2.13. The predicted molar refractivity (Wildman–Crippen MR) is 103 cm³/mol. The number of nitrogens with one attached hydrogen (secondary N) is 1. The van der Waals surface area contributed by atoms with Gasteiger partial charge < -0.3 is 9.55 Å². The summed E-state index contributed by atoms with van der Waals surface area (Å²) in [6.07, 6.45) is -4.86. The molecule has 0 spiro atoms. The number of hydrogen-bond donors (Lipinski definition) is 1. The molecule has 0 aliphatic carbocycles. The number of hydrogen-bond acceptors (Lipinski definition) is 4. The number of benzene rings is 1. The van der Waals surface area contributed by atoms with Crippen molar-refractivity contribution in [3.63, 3.8) is 0 Å². The third kappa shape index (κ3) is 4.37. The van der Waals surface area contributed by atoms with E-state index in [9.17, 15) is 26.3 Å². The lowest BCUT2D eigenvalue weighted by Gasteiger charge is -2.10. The number of aromatic nitrogens is 6. The highest BCUT2D eigenvalue weighted by Gasteiger charge is 2.38. The molecule has 3 aromatic heterocycles. The molecule has 0 bridgehead atoms. The lowest BCUT2D eigenvalue weighted by atomic mass is 10.1. The smallest absolute Gasteiger partial charge is 0.337 e. The third-order valence-corrected chi connectivity index (χ3v) is 5.01. The molecule has 168 valence electrons. The van der Waals surface area contributed by atoms with Crippen molar-refractivity contribution in [2.45, 2.75) is 25.3 Å². The molecule has 32 heavy (non-hydrogen) atoms. The van der Waals surface area contributed by atoms with Gasteiger partial charge in [-0.25, -0.2) is 19.9 Å². The van der Waals surface area contributed by atoms with E-state index in [4.69, 9.17) is 23.2 Å². The minimum absolute atomic E-state index is 0.0610. The normalized spacial score (nSPS) is 12.6. The maximum absolute atomic E-state index is 13.6. The van der Waals surface area contributed by atoms with E-state index < -0.39 is 39.2 Å². The number of alkyl halides is 6. The highest BCUT2D eigenvalue weighted by molar-refractivity contribution is 6.39. The number of fused-ring (bicyclic) bond motifs is 1. The van der Waals surface area contributed by atoms with Crippen molar-refractivity contribution in [3.8, 4) is 11.4 Å². The highest BCUT2D eigenvalue weighted by atomic mass is 35.5. The maximum Gasteiger partial charge on any atom is 0.435 e. The first kappa shape index (κ1) is 22.3. The number of nitrogens with zero attached hydrogens (tertiary/aromatic N) is 5. The van der Waals surface area contributed by atoms with Crippen LogP contribution in [0.1, 0.15) is 17.1 Å². The second-order valence-electron chi connectivity index (χ2n) is 6.63. The molecule has 1 aromatic carbocycles. The molecular weight excluding hydrogens is 485 g/mol. The van der Waals surface area contributed by atoms with Gasteiger partial charge in [-0.05, 0) is 12.1 Å². The van der Waals surface area contributed by atoms with Crippen molar-refractivity contribution in [3.05, 3.63) is 58.0 Å². The number of aromatic amines is 1. The van der Waals surface area contributed by atoms with E-state index in [-0.39, 0.29) is 35.8 Å². The van der Waals surface area contributed by atoms with E-state index in [0.717, 1.165) is 0 Å². The Hall–Kier alpha value is -2.86. The molecule has 0 unspecified atom stereocenters. The SMILES string of the molecule is FC(F)(F)c1cc(Cl)c(-c2nc3c(C(F)(F)F)nc(CCn4ccnc4)nc3[nH]2)c(Cl)c1. The number of H-pyrrole nitrogens is 1. The van der Waals surface area contributed by atoms with Gasteiger partial charge in [-0.1, -0.05) is 23.2 Å². The van der Waals surface area contributed by atoms with Gasteiger partial charge in [-0.3, -0.25) is 0 Å². The van der Waals surface area contributed by atoms with Gasteiger partial charge in [0.15, 0.2) is 11.3 Å².